The number of likely N-dealkylation sites (tertiary alicyclic amines) is 1. The first-order chi connectivity index (χ1) is 9.04. The van der Waals surface area contributed by atoms with Crippen LogP contribution >= 0.6 is 0 Å². The summed E-state index contributed by atoms with van der Waals surface area (Å²) in [6, 6.07) is -0.132. The average molecular weight is 272 g/mol. The molecule has 0 aromatic rings. The summed E-state index contributed by atoms with van der Waals surface area (Å²) in [6.07, 6.45) is 2.49. The largest absolute Gasteiger partial charge is 0.480 e. The van der Waals surface area contributed by atoms with Gasteiger partial charge in [0.15, 0.2) is 0 Å². The number of nitrogens with zero attached hydrogens (tertiary/aromatic N) is 1. The monoisotopic (exact) mass is 272 g/mol. The zero-order valence-corrected chi connectivity index (χ0v) is 11.7. The highest BCUT2D eigenvalue weighted by Gasteiger charge is 2.26. The lowest BCUT2D eigenvalue weighted by atomic mass is 10.1. The van der Waals surface area contributed by atoms with Crippen molar-refractivity contribution in [2.24, 2.45) is 0 Å². The third-order valence-corrected chi connectivity index (χ3v) is 3.40. The van der Waals surface area contributed by atoms with Crippen LogP contribution in [-0.4, -0.2) is 60.3 Å². The van der Waals surface area contributed by atoms with Crippen LogP contribution in [0.15, 0.2) is 0 Å². The first-order valence-corrected chi connectivity index (χ1v) is 6.89. The first kappa shape index (κ1) is 15.9. The fourth-order valence-electron chi connectivity index (χ4n) is 2.18. The molecule has 0 aliphatic carbocycles. The summed E-state index contributed by atoms with van der Waals surface area (Å²) in [5, 5.41) is 11.4. The van der Waals surface area contributed by atoms with Crippen molar-refractivity contribution in [3.63, 3.8) is 0 Å². The molecule has 1 aliphatic rings. The van der Waals surface area contributed by atoms with E-state index >= 15 is 0 Å². The summed E-state index contributed by atoms with van der Waals surface area (Å²) in [4.78, 5) is 24.4. The zero-order valence-electron chi connectivity index (χ0n) is 11.7. The van der Waals surface area contributed by atoms with Crippen LogP contribution in [0.3, 0.4) is 0 Å². The number of hydrogen-bond donors (Lipinski definition) is 2. The van der Waals surface area contributed by atoms with Crippen molar-refractivity contribution in [1.29, 1.82) is 0 Å². The van der Waals surface area contributed by atoms with E-state index < -0.39 is 5.97 Å². The number of piperidine rings is 1. The molecule has 1 aliphatic heterocycles. The second kappa shape index (κ2) is 8.12. The Morgan fingerprint density at radius 1 is 1.42 bits per heavy atom. The van der Waals surface area contributed by atoms with Gasteiger partial charge in [0, 0.05) is 19.6 Å². The van der Waals surface area contributed by atoms with E-state index in [0.29, 0.717) is 6.54 Å². The molecule has 1 amide bonds. The van der Waals surface area contributed by atoms with Gasteiger partial charge in [0.05, 0.1) is 12.1 Å². The number of carboxylic acid groups (broad SMARTS) is 1. The van der Waals surface area contributed by atoms with Crippen molar-refractivity contribution in [1.82, 2.24) is 10.2 Å². The van der Waals surface area contributed by atoms with Crippen LogP contribution in [-0.2, 0) is 14.3 Å². The molecular weight excluding hydrogens is 248 g/mol. The smallest absolute Gasteiger partial charge is 0.329 e. The highest BCUT2D eigenvalue weighted by atomic mass is 16.5. The Labute approximate surface area is 114 Å². The number of rotatable bonds is 7. The summed E-state index contributed by atoms with van der Waals surface area (Å²) in [5.41, 5.74) is 0. The van der Waals surface area contributed by atoms with E-state index in [4.69, 9.17) is 9.84 Å². The van der Waals surface area contributed by atoms with Crippen LogP contribution < -0.4 is 5.32 Å². The summed E-state index contributed by atoms with van der Waals surface area (Å²) < 4.78 is 5.27. The summed E-state index contributed by atoms with van der Waals surface area (Å²) in [7, 11) is 0. The molecule has 1 unspecified atom stereocenters. The number of aliphatic carboxylic acids is 1. The van der Waals surface area contributed by atoms with Crippen LogP contribution in [0.4, 0.5) is 0 Å². The molecule has 1 rings (SSSR count). The standard InChI is InChI=1S/C13H24N2O4/c1-3-6-14-13(18)10(2)15-7-4-11(5-8-15)19-9-12(16)17/h10-11H,3-9H2,1-2H3,(H,14,18)(H,16,17). The second-order valence-corrected chi connectivity index (χ2v) is 4.91. The molecule has 0 radical (unpaired) electrons. The third kappa shape index (κ3) is 5.57. The summed E-state index contributed by atoms with van der Waals surface area (Å²) in [5.74, 6) is -0.874. The summed E-state index contributed by atoms with van der Waals surface area (Å²) in [6.45, 7) is 5.94. The van der Waals surface area contributed by atoms with Gasteiger partial charge in [0.2, 0.25) is 5.91 Å². The lowest BCUT2D eigenvalue weighted by Crippen LogP contribution is -2.49. The molecule has 0 saturated carbocycles. The molecule has 6 nitrogen and oxygen atoms in total. The highest BCUT2D eigenvalue weighted by Crippen LogP contribution is 2.16. The van der Waals surface area contributed by atoms with Gasteiger partial charge in [-0.05, 0) is 26.2 Å². The Morgan fingerprint density at radius 3 is 2.58 bits per heavy atom. The lowest BCUT2D eigenvalue weighted by molar-refractivity contribution is -0.145. The van der Waals surface area contributed by atoms with E-state index in [1.807, 2.05) is 13.8 Å². The molecule has 1 fully saturated rings. The minimum atomic E-state index is -0.935. The molecule has 0 bridgehead atoms. The molecule has 0 spiro atoms. The molecule has 6 heteroatoms. The Morgan fingerprint density at radius 2 is 2.05 bits per heavy atom. The van der Waals surface area contributed by atoms with Crippen LogP contribution in [0, 0.1) is 0 Å². The number of ether oxygens (including phenoxy) is 1. The number of carbonyl (C=O) groups excluding carboxylic acids is 1. The van der Waals surface area contributed by atoms with E-state index in [2.05, 4.69) is 10.2 Å². The molecule has 0 aromatic heterocycles. The zero-order chi connectivity index (χ0) is 14.3. The number of carbonyl (C=O) groups is 2. The van der Waals surface area contributed by atoms with Crippen molar-refractivity contribution < 1.29 is 19.4 Å². The van der Waals surface area contributed by atoms with Crippen molar-refractivity contribution in [2.45, 2.75) is 45.3 Å². The number of amides is 1. The average Bonchev–Trinajstić information content (AvgIpc) is 2.42. The van der Waals surface area contributed by atoms with Crippen LogP contribution in [0.2, 0.25) is 0 Å². The van der Waals surface area contributed by atoms with E-state index in [1.54, 1.807) is 0 Å². The Bertz CT molecular complexity index is 301. The lowest BCUT2D eigenvalue weighted by Gasteiger charge is -2.35. The van der Waals surface area contributed by atoms with Crippen LogP contribution in [0.25, 0.3) is 0 Å². The fourth-order valence-corrected chi connectivity index (χ4v) is 2.18. The van der Waals surface area contributed by atoms with E-state index in [-0.39, 0.29) is 24.7 Å². The van der Waals surface area contributed by atoms with Gasteiger partial charge in [-0.3, -0.25) is 9.69 Å². The molecule has 1 heterocycles. The maximum absolute atomic E-state index is 11.8. The van der Waals surface area contributed by atoms with Crippen molar-refractivity contribution in [3.8, 4) is 0 Å². The van der Waals surface area contributed by atoms with E-state index in [1.165, 1.54) is 0 Å². The maximum Gasteiger partial charge on any atom is 0.329 e. The third-order valence-electron chi connectivity index (χ3n) is 3.40. The van der Waals surface area contributed by atoms with Gasteiger partial charge >= 0.3 is 5.97 Å². The molecule has 1 saturated heterocycles. The minimum Gasteiger partial charge on any atom is -0.480 e. The van der Waals surface area contributed by atoms with E-state index in [9.17, 15) is 9.59 Å². The molecule has 1 atom stereocenters. The molecular formula is C13H24N2O4. The van der Waals surface area contributed by atoms with Crippen molar-refractivity contribution in [2.75, 3.05) is 26.2 Å². The quantitative estimate of drug-likeness (QED) is 0.704. The Hall–Kier alpha value is -1.14. The Kier molecular flexibility index (Phi) is 6.80. The Balaban J connectivity index is 2.28. The van der Waals surface area contributed by atoms with E-state index in [0.717, 1.165) is 32.4 Å². The maximum atomic E-state index is 11.8. The van der Waals surface area contributed by atoms with Crippen molar-refractivity contribution in [3.05, 3.63) is 0 Å². The first-order valence-electron chi connectivity index (χ1n) is 6.89. The second-order valence-electron chi connectivity index (χ2n) is 4.91. The SMILES string of the molecule is CCCNC(=O)C(C)N1CCC(OCC(=O)O)CC1. The van der Waals surface area contributed by atoms with Gasteiger partial charge in [-0.25, -0.2) is 4.79 Å². The summed E-state index contributed by atoms with van der Waals surface area (Å²) >= 11 is 0. The fraction of sp³-hybridized carbons (Fsp3) is 0.846. The van der Waals surface area contributed by atoms with Gasteiger partial charge in [-0.1, -0.05) is 6.92 Å². The topological polar surface area (TPSA) is 78.9 Å². The predicted octanol–water partition coefficient (Wildman–Crippen LogP) is 0.467. The van der Waals surface area contributed by atoms with Crippen LogP contribution in [0.1, 0.15) is 33.1 Å². The normalized spacial score (nSPS) is 19.1. The molecule has 19 heavy (non-hydrogen) atoms. The van der Waals surface area contributed by atoms with Gasteiger partial charge in [-0.15, -0.1) is 0 Å². The highest BCUT2D eigenvalue weighted by molar-refractivity contribution is 5.81. The minimum absolute atomic E-state index is 0.00162. The van der Waals surface area contributed by atoms with Crippen LogP contribution in [0.5, 0.6) is 0 Å². The molecule has 110 valence electrons. The molecule has 2 N–H and O–H groups in total. The van der Waals surface area contributed by atoms with Gasteiger partial charge in [0.25, 0.3) is 0 Å². The van der Waals surface area contributed by atoms with Gasteiger partial charge < -0.3 is 15.2 Å². The van der Waals surface area contributed by atoms with Gasteiger partial charge in [0.1, 0.15) is 6.61 Å². The number of carboxylic acids is 1. The number of nitrogens with one attached hydrogen (secondary N) is 1. The predicted molar refractivity (Wildman–Crippen MR) is 70.9 cm³/mol. The molecule has 0 aromatic carbocycles. The van der Waals surface area contributed by atoms with Gasteiger partial charge in [-0.2, -0.15) is 0 Å². The number of hydrogen-bond acceptors (Lipinski definition) is 4. The van der Waals surface area contributed by atoms with Crippen molar-refractivity contribution >= 4 is 11.9 Å².